The van der Waals surface area contributed by atoms with Gasteiger partial charge in [0, 0.05) is 18.8 Å². The first-order valence-electron chi connectivity index (χ1n) is 7.83. The van der Waals surface area contributed by atoms with Gasteiger partial charge in [0.25, 0.3) is 0 Å². The first kappa shape index (κ1) is 17.6. The van der Waals surface area contributed by atoms with E-state index in [1.807, 2.05) is 32.0 Å². The van der Waals surface area contributed by atoms with Crippen LogP contribution in [-0.2, 0) is 21.8 Å². The smallest absolute Gasteiger partial charge is 0.152 e. The van der Waals surface area contributed by atoms with Crippen molar-refractivity contribution in [1.29, 1.82) is 0 Å². The number of likely N-dealkylation sites (tertiary alicyclic amines) is 1. The molecule has 1 aromatic carbocycles. The summed E-state index contributed by atoms with van der Waals surface area (Å²) >= 11 is -1.22. The molecule has 0 amide bonds. The highest BCUT2D eigenvalue weighted by Gasteiger charge is 2.37. The second-order valence-corrected chi connectivity index (χ2v) is 7.74. The molecule has 0 aliphatic carbocycles. The third kappa shape index (κ3) is 5.16. The van der Waals surface area contributed by atoms with E-state index in [-0.39, 0.29) is 6.04 Å². The van der Waals surface area contributed by atoms with Crippen LogP contribution in [0.2, 0.25) is 0 Å². The number of nitrogens with zero attached hydrogens (tertiary/aromatic N) is 1. The lowest BCUT2D eigenvalue weighted by Crippen LogP contribution is -2.53. The van der Waals surface area contributed by atoms with Gasteiger partial charge >= 0.3 is 0 Å². The van der Waals surface area contributed by atoms with Gasteiger partial charge in [-0.1, -0.05) is 30.3 Å². The van der Waals surface area contributed by atoms with E-state index in [0.717, 1.165) is 25.9 Å². The van der Waals surface area contributed by atoms with Gasteiger partial charge in [0.15, 0.2) is 11.1 Å². The van der Waals surface area contributed by atoms with Crippen molar-refractivity contribution in [1.82, 2.24) is 4.90 Å². The van der Waals surface area contributed by atoms with Crippen molar-refractivity contribution < 1.29 is 13.5 Å². The van der Waals surface area contributed by atoms with Crippen molar-refractivity contribution in [2.45, 2.75) is 44.9 Å². The molecule has 0 spiro atoms. The monoisotopic (exact) mass is 325 g/mol. The van der Waals surface area contributed by atoms with E-state index in [0.29, 0.717) is 12.5 Å². The van der Waals surface area contributed by atoms with Crippen LogP contribution in [0.1, 0.15) is 32.3 Å². The van der Waals surface area contributed by atoms with Crippen molar-refractivity contribution in [2.75, 3.05) is 19.4 Å². The van der Waals surface area contributed by atoms with Gasteiger partial charge in [0.05, 0.1) is 12.2 Å². The van der Waals surface area contributed by atoms with Gasteiger partial charge in [-0.15, -0.1) is 0 Å². The first-order chi connectivity index (χ1) is 10.4. The minimum absolute atomic E-state index is 0.0837. The number of benzene rings is 1. The zero-order chi connectivity index (χ0) is 16.2. The molecule has 1 fully saturated rings. The lowest BCUT2D eigenvalue weighted by atomic mass is 9.83. The maximum atomic E-state index is 11.1. The molecule has 3 atom stereocenters. The molecule has 0 aromatic heterocycles. The van der Waals surface area contributed by atoms with Gasteiger partial charge < -0.3 is 5.11 Å². The second kappa shape index (κ2) is 7.68. The molecule has 1 heterocycles. The molecule has 1 saturated heterocycles. The van der Waals surface area contributed by atoms with E-state index in [2.05, 4.69) is 17.0 Å². The molecular weight excluding hydrogens is 298 g/mol. The number of hydrogen-bond donors (Lipinski definition) is 1. The van der Waals surface area contributed by atoms with E-state index in [9.17, 15) is 9.32 Å². The average molecular weight is 325 g/mol. The van der Waals surface area contributed by atoms with Crippen molar-refractivity contribution in [3.05, 3.63) is 35.9 Å². The quantitative estimate of drug-likeness (QED) is 0.872. The Morgan fingerprint density at radius 1 is 1.36 bits per heavy atom. The summed E-state index contributed by atoms with van der Waals surface area (Å²) in [5, 5.41) is 10.5. The van der Waals surface area contributed by atoms with Crippen LogP contribution in [0.5, 0.6) is 0 Å². The van der Waals surface area contributed by atoms with Crippen LogP contribution in [0.15, 0.2) is 30.3 Å². The van der Waals surface area contributed by atoms with Crippen molar-refractivity contribution in [3.63, 3.8) is 0 Å². The van der Waals surface area contributed by atoms with Crippen molar-refractivity contribution >= 4 is 11.1 Å². The fourth-order valence-electron chi connectivity index (χ4n) is 3.17. The Morgan fingerprint density at radius 2 is 2.05 bits per heavy atom. The first-order valence-corrected chi connectivity index (χ1v) is 9.31. The molecule has 4 nitrogen and oxygen atoms in total. The van der Waals surface area contributed by atoms with Crippen LogP contribution in [-0.4, -0.2) is 45.3 Å². The van der Waals surface area contributed by atoms with Gasteiger partial charge in [-0.2, -0.15) is 0 Å². The van der Waals surface area contributed by atoms with Crippen LogP contribution in [0.25, 0.3) is 0 Å². The number of hydrogen-bond acceptors (Lipinski definition) is 4. The fraction of sp³-hybridized carbons (Fsp3) is 0.647. The molecule has 124 valence electrons. The maximum absolute atomic E-state index is 11.1. The largest absolute Gasteiger partial charge is 0.389 e. The molecule has 1 N–H and O–H groups in total. The summed E-state index contributed by atoms with van der Waals surface area (Å²) in [6.45, 7) is 6.03. The van der Waals surface area contributed by atoms with Gasteiger partial charge in [0.2, 0.25) is 0 Å². The lowest BCUT2D eigenvalue weighted by Gasteiger charge is -2.45. The molecule has 1 aliphatic rings. The molecule has 3 unspecified atom stereocenters. The molecule has 22 heavy (non-hydrogen) atoms. The van der Waals surface area contributed by atoms with Gasteiger partial charge in [-0.3, -0.25) is 9.08 Å². The molecule has 0 radical (unpaired) electrons. The summed E-state index contributed by atoms with van der Waals surface area (Å²) in [6.07, 6.45) is 3.43. The highest BCUT2D eigenvalue weighted by Crippen LogP contribution is 2.31. The normalized spacial score (nSPS) is 25.1. The molecule has 0 saturated carbocycles. The van der Waals surface area contributed by atoms with Crippen LogP contribution in [0.4, 0.5) is 0 Å². The molecular formula is C17H27NO3S. The molecule has 2 rings (SSSR count). The molecule has 5 heteroatoms. The summed E-state index contributed by atoms with van der Waals surface area (Å²) in [4.78, 5) is 2.36. The Kier molecular flexibility index (Phi) is 6.15. The zero-order valence-corrected chi connectivity index (χ0v) is 14.5. The third-order valence-corrected chi connectivity index (χ3v) is 4.80. The molecule has 1 aromatic rings. The van der Waals surface area contributed by atoms with E-state index >= 15 is 0 Å². The predicted molar refractivity (Wildman–Crippen MR) is 89.7 cm³/mol. The Balaban J connectivity index is 2.02. The summed E-state index contributed by atoms with van der Waals surface area (Å²) in [7, 11) is 0. The zero-order valence-electron chi connectivity index (χ0n) is 13.7. The van der Waals surface area contributed by atoms with Gasteiger partial charge in [0.1, 0.15) is 0 Å². The molecule has 1 aliphatic heterocycles. The number of aliphatic hydroxyl groups is 1. The highest BCUT2D eigenvalue weighted by atomic mass is 32.2. The van der Waals surface area contributed by atoms with E-state index in [1.54, 1.807) is 6.26 Å². The highest BCUT2D eigenvalue weighted by molar-refractivity contribution is 7.79. The van der Waals surface area contributed by atoms with Gasteiger partial charge in [-0.25, -0.2) is 4.21 Å². The number of rotatable bonds is 6. The summed E-state index contributed by atoms with van der Waals surface area (Å²) in [6, 6.07) is 10.4. The van der Waals surface area contributed by atoms with Crippen LogP contribution >= 0.6 is 0 Å². The summed E-state index contributed by atoms with van der Waals surface area (Å²) in [5.74, 6) is 0.354. The Hall–Kier alpha value is -0.750. The van der Waals surface area contributed by atoms with Crippen molar-refractivity contribution in [3.8, 4) is 0 Å². The van der Waals surface area contributed by atoms with Crippen LogP contribution in [0.3, 0.4) is 0 Å². The molecule has 0 bridgehead atoms. The minimum Gasteiger partial charge on any atom is -0.389 e. The van der Waals surface area contributed by atoms with Crippen LogP contribution < -0.4 is 0 Å². The Morgan fingerprint density at radius 3 is 2.64 bits per heavy atom. The third-order valence-electron chi connectivity index (χ3n) is 4.34. The SMILES string of the molecule is CS(=O)OCC1CCN(Cc2ccccc2)C(C(C)(C)O)C1. The second-order valence-electron chi connectivity index (χ2n) is 6.70. The Labute approximate surface area is 136 Å². The number of piperidine rings is 1. The standard InChI is InChI=1S/C17H27NO3S/c1-17(2,19)16-11-15(13-21-22(3)20)9-10-18(16)12-14-7-5-4-6-8-14/h4-8,15-16,19H,9-13H2,1-3H3. The van der Waals surface area contributed by atoms with Gasteiger partial charge in [-0.05, 0) is 44.7 Å². The average Bonchev–Trinajstić information content (AvgIpc) is 2.46. The summed E-state index contributed by atoms with van der Waals surface area (Å²) < 4.78 is 16.4. The fourth-order valence-corrected chi connectivity index (χ4v) is 3.56. The maximum Gasteiger partial charge on any atom is 0.152 e. The van der Waals surface area contributed by atoms with Crippen LogP contribution in [0, 0.1) is 5.92 Å². The van der Waals surface area contributed by atoms with E-state index in [4.69, 9.17) is 4.18 Å². The minimum atomic E-state index is -1.22. The summed E-state index contributed by atoms with van der Waals surface area (Å²) in [5.41, 5.74) is 0.500. The van der Waals surface area contributed by atoms with E-state index in [1.165, 1.54) is 5.56 Å². The van der Waals surface area contributed by atoms with Crippen molar-refractivity contribution in [2.24, 2.45) is 5.92 Å². The topological polar surface area (TPSA) is 49.8 Å². The lowest BCUT2D eigenvalue weighted by molar-refractivity contribution is -0.0554. The predicted octanol–water partition coefficient (Wildman–Crippen LogP) is 2.35. The Bertz CT molecular complexity index is 486. The van der Waals surface area contributed by atoms with E-state index < -0.39 is 16.7 Å².